The predicted molar refractivity (Wildman–Crippen MR) is 88.5 cm³/mol. The third-order valence-corrected chi connectivity index (χ3v) is 4.44. The zero-order valence-electron chi connectivity index (χ0n) is 12.3. The number of aromatic amines is 1. The lowest BCUT2D eigenvalue weighted by molar-refractivity contribution is 0.244. The quantitative estimate of drug-likeness (QED) is 0.704. The Kier molecular flexibility index (Phi) is 4.65. The van der Waals surface area contributed by atoms with Crippen LogP contribution in [0, 0.1) is 16.4 Å². The minimum atomic E-state index is -0.840. The van der Waals surface area contributed by atoms with E-state index in [1.807, 2.05) is 29.5 Å². The monoisotopic (exact) mass is 352 g/mol. The first-order chi connectivity index (χ1) is 11.0. The topological polar surface area (TPSA) is 36.9 Å². The van der Waals surface area contributed by atoms with Crippen LogP contribution in [-0.4, -0.2) is 26.7 Å². The molecule has 3 rings (SSSR count). The molecule has 4 nitrogen and oxygen atoms in total. The summed E-state index contributed by atoms with van der Waals surface area (Å²) in [6, 6.07) is 7.82. The molecular weight excluding hydrogens is 338 g/mol. The van der Waals surface area contributed by atoms with Crippen LogP contribution in [0.4, 0.5) is 8.78 Å². The van der Waals surface area contributed by atoms with Crippen molar-refractivity contribution in [2.45, 2.75) is 13.2 Å². The molecule has 3 aromatic rings. The molecular formula is C15H14F2N4S2. The van der Waals surface area contributed by atoms with Gasteiger partial charge in [-0.2, -0.15) is 4.98 Å². The summed E-state index contributed by atoms with van der Waals surface area (Å²) >= 11 is 6.84. The molecule has 0 atom stereocenters. The number of thiophene rings is 1. The fourth-order valence-corrected chi connectivity index (χ4v) is 3.08. The van der Waals surface area contributed by atoms with E-state index in [1.54, 1.807) is 22.1 Å². The molecule has 2 heterocycles. The summed E-state index contributed by atoms with van der Waals surface area (Å²) in [6.07, 6.45) is 0. The summed E-state index contributed by atoms with van der Waals surface area (Å²) in [5.74, 6) is -0.951. The molecule has 0 unspecified atom stereocenters. The molecule has 0 radical (unpaired) electrons. The summed E-state index contributed by atoms with van der Waals surface area (Å²) in [5.41, 5.74) is 0.691. The van der Waals surface area contributed by atoms with Crippen LogP contribution in [-0.2, 0) is 13.2 Å². The van der Waals surface area contributed by atoms with Crippen LogP contribution in [0.5, 0.6) is 0 Å². The van der Waals surface area contributed by atoms with Crippen LogP contribution < -0.4 is 0 Å². The molecule has 0 aliphatic carbocycles. The van der Waals surface area contributed by atoms with Gasteiger partial charge in [-0.05, 0) is 48.4 Å². The molecule has 8 heteroatoms. The first-order valence-electron chi connectivity index (χ1n) is 6.86. The van der Waals surface area contributed by atoms with Crippen molar-refractivity contribution in [3.05, 3.63) is 57.7 Å². The van der Waals surface area contributed by atoms with Crippen molar-refractivity contribution in [1.82, 2.24) is 19.7 Å². The second-order valence-electron chi connectivity index (χ2n) is 5.16. The van der Waals surface area contributed by atoms with Gasteiger partial charge in [-0.25, -0.2) is 13.5 Å². The standard InChI is InChI=1S/C15H14F2N4S2/c1-20(8-10-4-5-11(16)12(17)7-10)9-21-15(22)18-14(19-21)13-3-2-6-23-13/h2-7H,8-9H2,1H3,(H,18,19,22). The van der Waals surface area contributed by atoms with Crippen LogP contribution >= 0.6 is 23.6 Å². The first kappa shape index (κ1) is 16.0. The van der Waals surface area contributed by atoms with Gasteiger partial charge < -0.3 is 0 Å². The van der Waals surface area contributed by atoms with Gasteiger partial charge in [0.15, 0.2) is 17.5 Å². The second-order valence-corrected chi connectivity index (χ2v) is 6.48. The van der Waals surface area contributed by atoms with E-state index < -0.39 is 11.6 Å². The van der Waals surface area contributed by atoms with E-state index in [1.165, 1.54) is 6.07 Å². The molecule has 0 aliphatic rings. The summed E-state index contributed by atoms with van der Waals surface area (Å²) in [6.45, 7) is 0.933. The van der Waals surface area contributed by atoms with E-state index in [0.29, 0.717) is 23.5 Å². The van der Waals surface area contributed by atoms with Crippen LogP contribution in [0.3, 0.4) is 0 Å². The number of H-pyrrole nitrogens is 1. The van der Waals surface area contributed by atoms with Gasteiger partial charge in [0, 0.05) is 6.54 Å². The Morgan fingerprint density at radius 3 is 2.83 bits per heavy atom. The average molecular weight is 352 g/mol. The summed E-state index contributed by atoms with van der Waals surface area (Å²) in [7, 11) is 1.87. The highest BCUT2D eigenvalue weighted by molar-refractivity contribution is 7.71. The van der Waals surface area contributed by atoms with E-state index in [9.17, 15) is 8.78 Å². The Morgan fingerprint density at radius 2 is 2.13 bits per heavy atom. The van der Waals surface area contributed by atoms with Gasteiger partial charge in [0.25, 0.3) is 0 Å². The zero-order valence-corrected chi connectivity index (χ0v) is 13.9. The van der Waals surface area contributed by atoms with E-state index >= 15 is 0 Å². The maximum absolute atomic E-state index is 13.3. The Bertz CT molecular complexity index is 855. The molecule has 0 spiro atoms. The maximum atomic E-state index is 13.3. The average Bonchev–Trinajstić information content (AvgIpc) is 3.13. The van der Waals surface area contributed by atoms with Gasteiger partial charge in [0.2, 0.25) is 4.77 Å². The summed E-state index contributed by atoms with van der Waals surface area (Å²) in [4.78, 5) is 7.28. The number of nitrogens with zero attached hydrogens (tertiary/aromatic N) is 3. The lowest BCUT2D eigenvalue weighted by Gasteiger charge is -2.17. The van der Waals surface area contributed by atoms with Crippen LogP contribution in [0.2, 0.25) is 0 Å². The minimum Gasteiger partial charge on any atom is -0.283 e. The maximum Gasteiger partial charge on any atom is 0.217 e. The van der Waals surface area contributed by atoms with Crippen LogP contribution in [0.15, 0.2) is 35.7 Å². The molecule has 23 heavy (non-hydrogen) atoms. The Balaban J connectivity index is 1.71. The molecule has 1 N–H and O–H groups in total. The molecule has 2 aromatic heterocycles. The fraction of sp³-hybridized carbons (Fsp3) is 0.200. The highest BCUT2D eigenvalue weighted by Gasteiger charge is 2.09. The number of aromatic nitrogens is 3. The molecule has 0 aliphatic heterocycles. The minimum absolute atomic E-state index is 0.450. The van der Waals surface area contributed by atoms with E-state index in [0.717, 1.165) is 16.8 Å². The van der Waals surface area contributed by atoms with Gasteiger partial charge in [-0.1, -0.05) is 12.1 Å². The van der Waals surface area contributed by atoms with E-state index in [-0.39, 0.29) is 0 Å². The Morgan fingerprint density at radius 1 is 1.30 bits per heavy atom. The number of halogens is 2. The van der Waals surface area contributed by atoms with Crippen molar-refractivity contribution < 1.29 is 8.78 Å². The third-order valence-electron chi connectivity index (χ3n) is 3.25. The van der Waals surface area contributed by atoms with Gasteiger partial charge in [-0.15, -0.1) is 11.3 Å². The van der Waals surface area contributed by atoms with Crippen LogP contribution in [0.25, 0.3) is 10.7 Å². The number of benzene rings is 1. The number of hydrogen-bond donors (Lipinski definition) is 1. The van der Waals surface area contributed by atoms with Gasteiger partial charge in [0.1, 0.15) is 0 Å². The van der Waals surface area contributed by atoms with E-state index in [4.69, 9.17) is 12.2 Å². The Labute approximate surface area is 141 Å². The number of hydrogen-bond acceptors (Lipinski definition) is 4. The molecule has 0 saturated heterocycles. The second kappa shape index (κ2) is 6.69. The molecule has 120 valence electrons. The Hall–Kier alpha value is -1.90. The molecule has 0 fully saturated rings. The normalized spacial score (nSPS) is 11.3. The van der Waals surface area contributed by atoms with Crippen LogP contribution in [0.1, 0.15) is 5.56 Å². The van der Waals surface area contributed by atoms with Crippen molar-refractivity contribution in [1.29, 1.82) is 0 Å². The van der Waals surface area contributed by atoms with Crippen molar-refractivity contribution in [2.75, 3.05) is 7.05 Å². The first-order valence-corrected chi connectivity index (χ1v) is 8.15. The zero-order chi connectivity index (χ0) is 16.4. The molecule has 0 bridgehead atoms. The predicted octanol–water partition coefficient (Wildman–Crippen LogP) is 4.04. The van der Waals surface area contributed by atoms with Crippen molar-refractivity contribution in [2.24, 2.45) is 0 Å². The van der Waals surface area contributed by atoms with Gasteiger partial charge in [-0.3, -0.25) is 10.00 Å². The van der Waals surface area contributed by atoms with E-state index in [2.05, 4.69) is 10.1 Å². The lowest BCUT2D eigenvalue weighted by atomic mass is 10.2. The molecule has 1 aromatic carbocycles. The molecule has 0 amide bonds. The highest BCUT2D eigenvalue weighted by Crippen LogP contribution is 2.20. The number of nitrogens with one attached hydrogen (secondary N) is 1. The van der Waals surface area contributed by atoms with Crippen molar-refractivity contribution in [3.63, 3.8) is 0 Å². The summed E-state index contributed by atoms with van der Waals surface area (Å²) in [5, 5.41) is 5.13. The van der Waals surface area contributed by atoms with Gasteiger partial charge >= 0.3 is 0 Å². The highest BCUT2D eigenvalue weighted by atomic mass is 32.1. The lowest BCUT2D eigenvalue weighted by Crippen LogP contribution is -2.22. The van der Waals surface area contributed by atoms with Crippen molar-refractivity contribution in [3.8, 4) is 10.7 Å². The van der Waals surface area contributed by atoms with Crippen molar-refractivity contribution >= 4 is 23.6 Å². The molecule has 0 saturated carbocycles. The number of rotatable bonds is 5. The SMILES string of the molecule is CN(Cc1ccc(F)c(F)c1)Cn1[nH]c(-c2cccs2)nc1=S. The smallest absolute Gasteiger partial charge is 0.217 e. The largest absolute Gasteiger partial charge is 0.283 e. The third kappa shape index (κ3) is 3.72. The summed E-state index contributed by atoms with van der Waals surface area (Å²) < 4.78 is 28.4. The van der Waals surface area contributed by atoms with Gasteiger partial charge in [0.05, 0.1) is 11.5 Å². The fourth-order valence-electron chi connectivity index (χ4n) is 2.22.